The van der Waals surface area contributed by atoms with Crippen molar-refractivity contribution in [1.82, 2.24) is 4.90 Å². The van der Waals surface area contributed by atoms with Crippen LogP contribution < -0.4 is 0 Å². The largest absolute Gasteiger partial charge is 0.409 e. The molecule has 0 spiro atoms. The molecule has 1 aromatic carbocycles. The molecule has 96 valence electrons. The van der Waals surface area contributed by atoms with Crippen molar-refractivity contribution in [2.45, 2.75) is 0 Å². The number of fused-ring (bicyclic) bond motifs is 1. The standard InChI is InChI=1S/C15H10N4O/c16-10-12(11-6-2-1-3-7-11)14-15(18-20)19-9-5-4-8-13(19)17-14/h1-9,20H/b14-12-,18-15-. The van der Waals surface area contributed by atoms with Crippen molar-refractivity contribution in [1.29, 1.82) is 5.26 Å². The first kappa shape index (κ1) is 11.9. The molecule has 0 unspecified atom stereocenters. The van der Waals surface area contributed by atoms with Gasteiger partial charge in [0.05, 0.1) is 5.57 Å². The van der Waals surface area contributed by atoms with E-state index < -0.39 is 0 Å². The molecule has 0 bridgehead atoms. The number of nitrogens with zero attached hydrogens (tertiary/aromatic N) is 4. The van der Waals surface area contributed by atoms with Gasteiger partial charge in [0.15, 0.2) is 0 Å². The molecule has 2 aliphatic rings. The number of allylic oxidation sites excluding steroid dienone is 3. The predicted molar refractivity (Wildman–Crippen MR) is 75.8 cm³/mol. The van der Waals surface area contributed by atoms with Crippen LogP contribution in [0, 0.1) is 11.3 Å². The van der Waals surface area contributed by atoms with Gasteiger partial charge in [-0.05, 0) is 17.7 Å². The SMILES string of the molecule is N#C/C(=C1/N=C2C=CC=CN2/C1=N\O)c1ccccc1. The van der Waals surface area contributed by atoms with Gasteiger partial charge >= 0.3 is 0 Å². The van der Waals surface area contributed by atoms with E-state index in [9.17, 15) is 10.5 Å². The topological polar surface area (TPSA) is 72.0 Å². The third-order valence-corrected chi connectivity index (χ3v) is 3.01. The molecule has 5 heteroatoms. The Bertz CT molecular complexity index is 733. The smallest absolute Gasteiger partial charge is 0.205 e. The number of aliphatic imine (C=N–C) groups is 1. The van der Waals surface area contributed by atoms with E-state index in [1.54, 1.807) is 17.2 Å². The minimum absolute atomic E-state index is 0.251. The monoisotopic (exact) mass is 262 g/mol. The second-order valence-corrected chi connectivity index (χ2v) is 4.17. The molecule has 0 saturated heterocycles. The quantitative estimate of drug-likeness (QED) is 0.480. The molecule has 0 fully saturated rings. The van der Waals surface area contributed by atoms with Crippen LogP contribution in [0.2, 0.25) is 0 Å². The summed E-state index contributed by atoms with van der Waals surface area (Å²) in [6.07, 6.45) is 7.17. The van der Waals surface area contributed by atoms with Crippen molar-refractivity contribution in [3.63, 3.8) is 0 Å². The third kappa shape index (κ3) is 1.80. The van der Waals surface area contributed by atoms with E-state index in [1.807, 2.05) is 42.5 Å². The molecule has 20 heavy (non-hydrogen) atoms. The summed E-state index contributed by atoms with van der Waals surface area (Å²) in [4.78, 5) is 6.02. The fourth-order valence-corrected chi connectivity index (χ4v) is 2.11. The maximum Gasteiger partial charge on any atom is 0.205 e. The van der Waals surface area contributed by atoms with Crippen LogP contribution >= 0.6 is 0 Å². The van der Waals surface area contributed by atoms with Gasteiger partial charge in [-0.2, -0.15) is 5.26 Å². The third-order valence-electron chi connectivity index (χ3n) is 3.01. The Morgan fingerprint density at radius 2 is 2.05 bits per heavy atom. The number of hydrogen-bond acceptors (Lipinski definition) is 4. The molecular formula is C15H10N4O. The number of rotatable bonds is 1. The van der Waals surface area contributed by atoms with Crippen molar-refractivity contribution < 1.29 is 5.21 Å². The number of nitriles is 1. The minimum atomic E-state index is 0.251. The summed E-state index contributed by atoms with van der Waals surface area (Å²) in [6.45, 7) is 0. The molecule has 5 nitrogen and oxygen atoms in total. The minimum Gasteiger partial charge on any atom is -0.409 e. The average molecular weight is 262 g/mol. The van der Waals surface area contributed by atoms with Crippen LogP contribution in [0.3, 0.4) is 0 Å². The molecule has 3 rings (SSSR count). The van der Waals surface area contributed by atoms with Gasteiger partial charge in [0, 0.05) is 6.20 Å². The summed E-state index contributed by atoms with van der Waals surface area (Å²) in [5.41, 5.74) is 1.48. The van der Waals surface area contributed by atoms with Crippen LogP contribution in [0.15, 0.2) is 70.6 Å². The van der Waals surface area contributed by atoms with E-state index in [0.717, 1.165) is 5.56 Å². The van der Waals surface area contributed by atoms with Gasteiger partial charge in [0.1, 0.15) is 17.6 Å². The van der Waals surface area contributed by atoms with E-state index in [1.165, 1.54) is 0 Å². The molecule has 2 heterocycles. The second kappa shape index (κ2) is 4.86. The first-order valence-corrected chi connectivity index (χ1v) is 6.00. The number of benzene rings is 1. The summed E-state index contributed by atoms with van der Waals surface area (Å²) in [5, 5.41) is 21.9. The average Bonchev–Trinajstić information content (AvgIpc) is 2.87. The lowest BCUT2D eigenvalue weighted by atomic mass is 10.0. The van der Waals surface area contributed by atoms with Crippen LogP contribution in [0.5, 0.6) is 0 Å². The molecular weight excluding hydrogens is 252 g/mol. The Balaban J connectivity index is 2.19. The fourth-order valence-electron chi connectivity index (χ4n) is 2.11. The highest BCUT2D eigenvalue weighted by Gasteiger charge is 2.30. The zero-order chi connectivity index (χ0) is 13.9. The maximum atomic E-state index is 9.42. The zero-order valence-corrected chi connectivity index (χ0v) is 10.4. The first-order valence-electron chi connectivity index (χ1n) is 6.00. The Labute approximate surface area is 115 Å². The normalized spacial score (nSPS) is 20.6. The maximum absolute atomic E-state index is 9.42. The van der Waals surface area contributed by atoms with Crippen LogP contribution in [0.1, 0.15) is 5.56 Å². The first-order chi connectivity index (χ1) is 9.85. The van der Waals surface area contributed by atoms with E-state index >= 15 is 0 Å². The lowest BCUT2D eigenvalue weighted by Gasteiger charge is -2.14. The summed E-state index contributed by atoms with van der Waals surface area (Å²) in [6, 6.07) is 11.4. The summed E-state index contributed by atoms with van der Waals surface area (Å²) >= 11 is 0. The predicted octanol–water partition coefficient (Wildman–Crippen LogP) is 2.51. The van der Waals surface area contributed by atoms with Gasteiger partial charge in [-0.25, -0.2) is 4.99 Å². The van der Waals surface area contributed by atoms with Crippen LogP contribution in [-0.4, -0.2) is 21.8 Å². The zero-order valence-electron chi connectivity index (χ0n) is 10.4. The Morgan fingerprint density at radius 1 is 1.25 bits per heavy atom. The fraction of sp³-hybridized carbons (Fsp3) is 0. The summed E-state index contributed by atoms with van der Waals surface area (Å²) < 4.78 is 0. The summed E-state index contributed by atoms with van der Waals surface area (Å²) in [5.74, 6) is 0.875. The molecule has 2 aliphatic heterocycles. The molecule has 0 aromatic heterocycles. The van der Waals surface area contributed by atoms with Crippen LogP contribution in [0.4, 0.5) is 0 Å². The van der Waals surface area contributed by atoms with Gasteiger partial charge < -0.3 is 5.21 Å². The van der Waals surface area contributed by atoms with E-state index in [4.69, 9.17) is 0 Å². The highest BCUT2D eigenvalue weighted by Crippen LogP contribution is 2.27. The van der Waals surface area contributed by atoms with E-state index in [2.05, 4.69) is 16.2 Å². The van der Waals surface area contributed by atoms with Gasteiger partial charge in [0.2, 0.25) is 5.84 Å². The molecule has 1 N–H and O–H groups in total. The van der Waals surface area contributed by atoms with Crippen LogP contribution in [-0.2, 0) is 0 Å². The Hall–Kier alpha value is -3.13. The van der Waals surface area contributed by atoms with Crippen LogP contribution in [0.25, 0.3) is 5.57 Å². The van der Waals surface area contributed by atoms with Crippen molar-refractivity contribution >= 4 is 17.2 Å². The molecule has 1 aromatic rings. The lowest BCUT2D eigenvalue weighted by molar-refractivity contribution is 0.314. The van der Waals surface area contributed by atoms with Crippen molar-refractivity contribution in [2.24, 2.45) is 10.1 Å². The molecule has 0 atom stereocenters. The highest BCUT2D eigenvalue weighted by atomic mass is 16.4. The van der Waals surface area contributed by atoms with E-state index in [-0.39, 0.29) is 5.84 Å². The molecule has 0 radical (unpaired) electrons. The summed E-state index contributed by atoms with van der Waals surface area (Å²) in [7, 11) is 0. The molecule has 0 amide bonds. The molecule has 0 saturated carbocycles. The lowest BCUT2D eigenvalue weighted by Crippen LogP contribution is -2.27. The van der Waals surface area contributed by atoms with Gasteiger partial charge in [0.25, 0.3) is 0 Å². The Morgan fingerprint density at radius 3 is 2.75 bits per heavy atom. The van der Waals surface area contributed by atoms with E-state index in [0.29, 0.717) is 17.1 Å². The second-order valence-electron chi connectivity index (χ2n) is 4.17. The van der Waals surface area contributed by atoms with Crippen molar-refractivity contribution in [3.05, 3.63) is 66.0 Å². The van der Waals surface area contributed by atoms with Gasteiger partial charge in [-0.3, -0.25) is 4.90 Å². The van der Waals surface area contributed by atoms with Gasteiger partial charge in [-0.1, -0.05) is 41.6 Å². The van der Waals surface area contributed by atoms with Crippen molar-refractivity contribution in [2.75, 3.05) is 0 Å². The van der Waals surface area contributed by atoms with Crippen molar-refractivity contribution in [3.8, 4) is 6.07 Å². The molecule has 0 aliphatic carbocycles. The number of oxime groups is 1. The van der Waals surface area contributed by atoms with Gasteiger partial charge in [-0.15, -0.1) is 0 Å². The number of amidine groups is 2. The Kier molecular flexibility index (Phi) is 2.90. The highest BCUT2D eigenvalue weighted by molar-refractivity contribution is 6.22. The number of hydrogen-bond donors (Lipinski definition) is 1.